The molecule has 0 spiro atoms. The van der Waals surface area contributed by atoms with Gasteiger partial charge in [-0.05, 0) is 21.1 Å². The van der Waals surface area contributed by atoms with E-state index in [1.54, 1.807) is 0 Å². The zero-order valence-corrected chi connectivity index (χ0v) is 19.1. The minimum Gasteiger partial charge on any atom is -1.00 e. The van der Waals surface area contributed by atoms with Gasteiger partial charge in [0, 0.05) is 0 Å². The van der Waals surface area contributed by atoms with Crippen LogP contribution in [0.2, 0.25) is 0 Å². The van der Waals surface area contributed by atoms with E-state index in [1.165, 1.54) is 0 Å². The summed E-state index contributed by atoms with van der Waals surface area (Å²) in [6.45, 7) is 0. The summed E-state index contributed by atoms with van der Waals surface area (Å²) in [6, 6.07) is 0. The molecular formula is C3H17N2Na4O4P. The zero-order valence-electron chi connectivity index (χ0n) is 14.2. The Morgan fingerprint density at radius 3 is 1.21 bits per heavy atom. The number of nitrogens with zero attached hydrogens (tertiary/aromatic N) is 1. The summed E-state index contributed by atoms with van der Waals surface area (Å²) in [6.07, 6.45) is 0. The minimum absolute atomic E-state index is 0. The predicted molar refractivity (Wildman–Crippen MR) is 41.4 cm³/mol. The second kappa shape index (κ2) is 22.2. The Morgan fingerprint density at radius 1 is 1.14 bits per heavy atom. The monoisotopic (exact) mass is 268 g/mol. The third kappa shape index (κ3) is 73.3. The fraction of sp³-hybridized carbons (Fsp3) is 1.00. The van der Waals surface area contributed by atoms with Crippen molar-refractivity contribution >= 4 is 7.82 Å². The fourth-order valence-electron chi connectivity index (χ4n) is 0. The van der Waals surface area contributed by atoms with Crippen molar-refractivity contribution in [2.45, 2.75) is 0 Å². The van der Waals surface area contributed by atoms with Crippen LogP contribution in [0.4, 0.5) is 0 Å². The fourth-order valence-corrected chi connectivity index (χ4v) is 0. The van der Waals surface area contributed by atoms with Crippen LogP contribution in [-0.4, -0.2) is 35.8 Å². The molecule has 0 aliphatic heterocycles. The summed E-state index contributed by atoms with van der Waals surface area (Å²) in [4.78, 5) is 17.2. The molecule has 0 heterocycles. The van der Waals surface area contributed by atoms with Gasteiger partial charge in [-0.15, -0.1) is 0 Å². The molecule has 14 heavy (non-hydrogen) atoms. The van der Waals surface area contributed by atoms with Crippen LogP contribution in [0.15, 0.2) is 0 Å². The van der Waals surface area contributed by atoms with Gasteiger partial charge in [0.25, 0.3) is 0 Å². The Labute approximate surface area is 179 Å². The van der Waals surface area contributed by atoms with Crippen molar-refractivity contribution in [2.75, 3.05) is 21.1 Å². The summed E-state index contributed by atoms with van der Waals surface area (Å²) >= 11 is 0. The standard InChI is InChI=1S/C3H9N.H4NO4P.4Na.4H/c1-4(2)3;1-5-6(2,3)4;;;;;;;;/h1-3H3;1H2,(H2,2,3,4);;;;;;;;/q;;4*+1;4*-1. The molecule has 0 bridgehead atoms. The maximum atomic E-state index is 9.35. The predicted octanol–water partition coefficient (Wildman–Crippen LogP) is -12.4. The average molecular weight is 268 g/mol. The Kier molecular flexibility index (Phi) is 57.4. The van der Waals surface area contributed by atoms with E-state index >= 15 is 0 Å². The van der Waals surface area contributed by atoms with Crippen molar-refractivity contribution in [3.05, 3.63) is 0 Å². The van der Waals surface area contributed by atoms with Gasteiger partial charge in [-0.3, -0.25) is 0 Å². The first-order valence-corrected chi connectivity index (χ1v) is 3.87. The Balaban J connectivity index is -0.00000000631. The van der Waals surface area contributed by atoms with Gasteiger partial charge in [0.15, 0.2) is 0 Å². The summed E-state index contributed by atoms with van der Waals surface area (Å²) in [5.41, 5.74) is 0. The Hall–Kier alpha value is 4.03. The smallest absolute Gasteiger partial charge is 1.00 e. The van der Waals surface area contributed by atoms with E-state index < -0.39 is 7.82 Å². The van der Waals surface area contributed by atoms with Gasteiger partial charge in [-0.25, -0.2) is 15.1 Å². The maximum Gasteiger partial charge on any atom is 1.00 e. The molecule has 0 fully saturated rings. The van der Waals surface area contributed by atoms with E-state index in [0.29, 0.717) is 0 Å². The van der Waals surface area contributed by atoms with Crippen LogP contribution in [0.5, 0.6) is 0 Å². The molecule has 0 aromatic heterocycles. The molecule has 0 aliphatic rings. The second-order valence-electron chi connectivity index (χ2n) is 1.94. The number of rotatable bonds is 1. The molecule has 0 unspecified atom stereocenters. The summed E-state index contributed by atoms with van der Waals surface area (Å²) in [7, 11) is 1.63. The molecule has 4 N–H and O–H groups in total. The van der Waals surface area contributed by atoms with Crippen LogP contribution in [0.25, 0.3) is 0 Å². The molecule has 0 saturated heterocycles. The third-order valence-electron chi connectivity index (χ3n) is 0.137. The van der Waals surface area contributed by atoms with Gasteiger partial charge in [0.2, 0.25) is 0 Å². The molecule has 0 amide bonds. The largest absolute Gasteiger partial charge is 1.00 e. The quantitative estimate of drug-likeness (QED) is 0.248. The summed E-state index contributed by atoms with van der Waals surface area (Å²) < 4.78 is 12.5. The number of hydrogen-bond donors (Lipinski definition) is 3. The van der Waals surface area contributed by atoms with E-state index in [4.69, 9.17) is 9.79 Å². The van der Waals surface area contributed by atoms with E-state index in [9.17, 15) is 4.57 Å². The number of nitrogens with two attached hydrogens (primary N) is 1. The molecule has 0 radical (unpaired) electrons. The molecule has 72 valence electrons. The van der Waals surface area contributed by atoms with Crippen molar-refractivity contribution in [3.63, 3.8) is 0 Å². The molecular weight excluding hydrogens is 251 g/mol. The average Bonchev–Trinajstić information content (AvgIpc) is 1.63. The number of phosphoric acid groups is 1. The van der Waals surface area contributed by atoms with Crippen molar-refractivity contribution in [3.8, 4) is 0 Å². The molecule has 0 aromatic rings. The van der Waals surface area contributed by atoms with Crippen LogP contribution < -0.4 is 124 Å². The van der Waals surface area contributed by atoms with Gasteiger partial charge < -0.3 is 20.4 Å². The molecule has 0 saturated carbocycles. The number of hydrogen-bond acceptors (Lipinski definition) is 4. The normalized spacial score (nSPS) is 7.64. The molecule has 0 aliphatic carbocycles. The third-order valence-corrected chi connectivity index (χ3v) is 0.412. The van der Waals surface area contributed by atoms with E-state index in [-0.39, 0.29) is 124 Å². The van der Waals surface area contributed by atoms with Crippen LogP contribution in [0.3, 0.4) is 0 Å². The summed E-state index contributed by atoms with van der Waals surface area (Å²) in [5, 5.41) is 0. The first-order valence-electron chi connectivity index (χ1n) is 2.34. The SMILES string of the molecule is CN(C)C.NOP(=O)(O)O.[H-].[H-].[H-].[H-].[Na+].[Na+].[Na+].[Na+]. The van der Waals surface area contributed by atoms with Crippen molar-refractivity contribution in [2.24, 2.45) is 5.90 Å². The first kappa shape index (κ1) is 36.1. The first-order chi connectivity index (χ1) is 4.29. The van der Waals surface area contributed by atoms with Crippen LogP contribution in [0.1, 0.15) is 5.71 Å². The van der Waals surface area contributed by atoms with Gasteiger partial charge in [-0.2, -0.15) is 0 Å². The van der Waals surface area contributed by atoms with Gasteiger partial charge >= 0.3 is 126 Å². The zero-order chi connectivity index (χ0) is 8.78. The van der Waals surface area contributed by atoms with E-state index in [2.05, 4.69) is 10.5 Å². The van der Waals surface area contributed by atoms with Crippen LogP contribution >= 0.6 is 7.82 Å². The molecule has 6 nitrogen and oxygen atoms in total. The van der Waals surface area contributed by atoms with Gasteiger partial charge in [-0.1, -0.05) is 0 Å². The molecule has 0 rings (SSSR count). The molecule has 0 aromatic carbocycles. The summed E-state index contributed by atoms with van der Waals surface area (Å²) in [5.74, 6) is 4.04. The van der Waals surface area contributed by atoms with E-state index in [1.807, 2.05) is 26.0 Å². The molecule has 0 atom stereocenters. The maximum absolute atomic E-state index is 9.35. The van der Waals surface area contributed by atoms with Crippen molar-refractivity contribution in [1.82, 2.24) is 4.90 Å². The molecule has 11 heteroatoms. The van der Waals surface area contributed by atoms with Crippen LogP contribution in [-0.2, 0) is 9.19 Å². The second-order valence-corrected chi connectivity index (χ2v) is 3.13. The van der Waals surface area contributed by atoms with E-state index in [0.717, 1.165) is 0 Å². The minimum atomic E-state index is -4.37. The van der Waals surface area contributed by atoms with Crippen LogP contribution in [0, 0.1) is 0 Å². The Bertz CT molecular complexity index is 134. The van der Waals surface area contributed by atoms with Gasteiger partial charge in [0.05, 0.1) is 0 Å². The van der Waals surface area contributed by atoms with Crippen molar-refractivity contribution in [1.29, 1.82) is 0 Å². The van der Waals surface area contributed by atoms with Crippen molar-refractivity contribution < 1.29 is 143 Å². The van der Waals surface area contributed by atoms with Gasteiger partial charge in [0.1, 0.15) is 0 Å². The topological polar surface area (TPSA) is 96.0 Å². The Morgan fingerprint density at radius 2 is 1.21 bits per heavy atom.